The van der Waals surface area contributed by atoms with Crippen LogP contribution >= 0.6 is 0 Å². The number of imidazole rings is 1. The minimum atomic E-state index is -0.968. The Morgan fingerprint density at radius 2 is 2.10 bits per heavy atom. The fraction of sp³-hybridized carbons (Fsp3) is 0.500. The van der Waals surface area contributed by atoms with Crippen molar-refractivity contribution in [3.05, 3.63) is 35.7 Å². The summed E-state index contributed by atoms with van der Waals surface area (Å²) in [5.41, 5.74) is 1.04. The second-order valence-electron chi connectivity index (χ2n) is 4.84. The highest BCUT2D eigenvalue weighted by molar-refractivity contribution is 5.85. The molecule has 0 atom stereocenters. The number of carbonyl (C=O) groups is 1. The van der Waals surface area contributed by atoms with Crippen molar-refractivity contribution in [3.8, 4) is 0 Å². The van der Waals surface area contributed by atoms with E-state index in [9.17, 15) is 4.79 Å². The topological polar surface area (TPSA) is 72.9 Å². The fourth-order valence-corrected chi connectivity index (χ4v) is 2.33. The highest BCUT2D eigenvalue weighted by Gasteiger charge is 2.15. The summed E-state index contributed by atoms with van der Waals surface area (Å²) in [6.45, 7) is 6.50. The van der Waals surface area contributed by atoms with Gasteiger partial charge in [0.05, 0.1) is 24.5 Å². The highest BCUT2D eigenvalue weighted by atomic mass is 16.4. The van der Waals surface area contributed by atoms with Gasteiger partial charge in [-0.25, -0.2) is 9.78 Å². The Kier molecular flexibility index (Phi) is 4.22. The number of hydrogen-bond donors (Lipinski definition) is 1. The van der Waals surface area contributed by atoms with Crippen LogP contribution in [0.15, 0.2) is 18.5 Å². The number of aryl methyl sites for hydroxylation is 1. The molecule has 2 aromatic rings. The minimum Gasteiger partial charge on any atom is -0.477 e. The first-order valence-electron chi connectivity index (χ1n) is 6.86. The number of carboxylic acid groups (broad SMARTS) is 1. The van der Waals surface area contributed by atoms with Crippen molar-refractivity contribution in [2.24, 2.45) is 0 Å². The Balaban J connectivity index is 2.23. The molecule has 0 aliphatic carbocycles. The first-order valence-corrected chi connectivity index (χ1v) is 6.86. The van der Waals surface area contributed by atoms with Gasteiger partial charge >= 0.3 is 5.97 Å². The summed E-state index contributed by atoms with van der Waals surface area (Å²) in [6.07, 6.45) is 5.40. The molecule has 108 valence electrons. The van der Waals surface area contributed by atoms with Crippen molar-refractivity contribution in [2.45, 2.75) is 46.2 Å². The van der Waals surface area contributed by atoms with Gasteiger partial charge in [0.2, 0.25) is 0 Å². The van der Waals surface area contributed by atoms with E-state index in [0.29, 0.717) is 18.4 Å². The Morgan fingerprint density at radius 1 is 1.40 bits per heavy atom. The summed E-state index contributed by atoms with van der Waals surface area (Å²) in [7, 11) is 0. The SMILES string of the molecule is CCC(CC)n1ccc(Cn2c(C(=O)O)cnc2C)n1. The predicted octanol–water partition coefficient (Wildman–Crippen LogP) is 2.50. The molecule has 0 saturated heterocycles. The lowest BCUT2D eigenvalue weighted by Crippen LogP contribution is -2.12. The van der Waals surface area contributed by atoms with Crippen LogP contribution in [0, 0.1) is 6.92 Å². The molecule has 1 N–H and O–H groups in total. The zero-order valence-corrected chi connectivity index (χ0v) is 12.1. The average molecular weight is 276 g/mol. The van der Waals surface area contributed by atoms with Crippen LogP contribution in [0.2, 0.25) is 0 Å². The van der Waals surface area contributed by atoms with Crippen molar-refractivity contribution < 1.29 is 9.90 Å². The number of nitrogens with zero attached hydrogens (tertiary/aromatic N) is 4. The summed E-state index contributed by atoms with van der Waals surface area (Å²) >= 11 is 0. The number of hydrogen-bond acceptors (Lipinski definition) is 3. The van der Waals surface area contributed by atoms with Crippen LogP contribution in [0.1, 0.15) is 54.7 Å². The van der Waals surface area contributed by atoms with E-state index >= 15 is 0 Å². The van der Waals surface area contributed by atoms with Gasteiger partial charge in [-0.3, -0.25) is 4.68 Å². The predicted molar refractivity (Wildman–Crippen MR) is 74.9 cm³/mol. The van der Waals surface area contributed by atoms with E-state index in [4.69, 9.17) is 5.11 Å². The van der Waals surface area contributed by atoms with E-state index in [-0.39, 0.29) is 5.69 Å². The molecule has 20 heavy (non-hydrogen) atoms. The standard InChI is InChI=1S/C14H20N4O2/c1-4-12(5-2)18-7-6-11(16-18)9-17-10(3)15-8-13(17)14(19)20/h6-8,12H,4-5,9H2,1-3H3,(H,19,20). The zero-order valence-electron chi connectivity index (χ0n) is 12.1. The minimum absolute atomic E-state index is 0.194. The van der Waals surface area contributed by atoms with E-state index in [0.717, 1.165) is 18.5 Å². The number of carboxylic acids is 1. The van der Waals surface area contributed by atoms with Crippen LogP contribution in [0.3, 0.4) is 0 Å². The zero-order chi connectivity index (χ0) is 14.7. The summed E-state index contributed by atoms with van der Waals surface area (Å²) < 4.78 is 3.63. The average Bonchev–Trinajstić information content (AvgIpc) is 3.00. The number of aromatic nitrogens is 4. The third-order valence-corrected chi connectivity index (χ3v) is 3.57. The van der Waals surface area contributed by atoms with Crippen LogP contribution in [-0.2, 0) is 6.54 Å². The van der Waals surface area contributed by atoms with Gasteiger partial charge in [0, 0.05) is 6.20 Å². The molecule has 0 radical (unpaired) electrons. The largest absolute Gasteiger partial charge is 0.477 e. The second kappa shape index (κ2) is 5.90. The molecule has 2 rings (SSSR count). The molecule has 2 heterocycles. The molecular formula is C14H20N4O2. The molecule has 0 aliphatic rings. The van der Waals surface area contributed by atoms with Crippen molar-refractivity contribution in [1.29, 1.82) is 0 Å². The van der Waals surface area contributed by atoms with Crippen molar-refractivity contribution in [1.82, 2.24) is 19.3 Å². The first kappa shape index (κ1) is 14.3. The van der Waals surface area contributed by atoms with Gasteiger partial charge in [-0.2, -0.15) is 5.10 Å². The maximum Gasteiger partial charge on any atom is 0.354 e. The Bertz CT molecular complexity index is 596. The van der Waals surface area contributed by atoms with E-state index in [2.05, 4.69) is 23.9 Å². The fourth-order valence-electron chi connectivity index (χ4n) is 2.33. The third kappa shape index (κ3) is 2.74. The maximum absolute atomic E-state index is 11.1. The lowest BCUT2D eigenvalue weighted by atomic mass is 10.2. The third-order valence-electron chi connectivity index (χ3n) is 3.57. The van der Waals surface area contributed by atoms with E-state index in [1.807, 2.05) is 16.9 Å². The molecule has 0 amide bonds. The number of rotatable bonds is 6. The maximum atomic E-state index is 11.1. The quantitative estimate of drug-likeness (QED) is 0.879. The molecule has 0 fully saturated rings. The molecule has 0 saturated carbocycles. The summed E-state index contributed by atoms with van der Waals surface area (Å²) in [6, 6.07) is 2.33. The molecule has 6 heteroatoms. The van der Waals surface area contributed by atoms with Crippen molar-refractivity contribution in [2.75, 3.05) is 0 Å². The molecule has 0 aromatic carbocycles. The van der Waals surface area contributed by atoms with Gasteiger partial charge < -0.3 is 9.67 Å². The van der Waals surface area contributed by atoms with Crippen molar-refractivity contribution in [3.63, 3.8) is 0 Å². The number of aromatic carboxylic acids is 1. The van der Waals surface area contributed by atoms with Crippen LogP contribution in [-0.4, -0.2) is 30.4 Å². The Labute approximate surface area is 118 Å². The molecule has 0 spiro atoms. The van der Waals surface area contributed by atoms with E-state index in [1.54, 1.807) is 11.5 Å². The summed E-state index contributed by atoms with van der Waals surface area (Å²) in [4.78, 5) is 15.2. The van der Waals surface area contributed by atoms with Gasteiger partial charge in [0.15, 0.2) is 0 Å². The smallest absolute Gasteiger partial charge is 0.354 e. The van der Waals surface area contributed by atoms with Gasteiger partial charge in [0.25, 0.3) is 0 Å². The normalized spacial score (nSPS) is 11.2. The Morgan fingerprint density at radius 3 is 2.70 bits per heavy atom. The second-order valence-corrected chi connectivity index (χ2v) is 4.84. The highest BCUT2D eigenvalue weighted by Crippen LogP contribution is 2.15. The molecule has 0 aliphatic heterocycles. The van der Waals surface area contributed by atoms with Gasteiger partial charge in [0.1, 0.15) is 11.5 Å². The molecular weight excluding hydrogens is 256 g/mol. The summed E-state index contributed by atoms with van der Waals surface area (Å²) in [5, 5.41) is 13.7. The lowest BCUT2D eigenvalue weighted by Gasteiger charge is -2.12. The van der Waals surface area contributed by atoms with Crippen LogP contribution in [0.5, 0.6) is 0 Å². The van der Waals surface area contributed by atoms with E-state index in [1.165, 1.54) is 6.20 Å². The van der Waals surface area contributed by atoms with Gasteiger partial charge in [-0.15, -0.1) is 0 Å². The van der Waals surface area contributed by atoms with Gasteiger partial charge in [-0.05, 0) is 25.8 Å². The molecule has 6 nitrogen and oxygen atoms in total. The molecule has 2 aromatic heterocycles. The van der Waals surface area contributed by atoms with Crippen molar-refractivity contribution >= 4 is 5.97 Å². The van der Waals surface area contributed by atoms with Crippen LogP contribution in [0.4, 0.5) is 0 Å². The lowest BCUT2D eigenvalue weighted by molar-refractivity contribution is 0.0685. The monoisotopic (exact) mass is 276 g/mol. The van der Waals surface area contributed by atoms with E-state index < -0.39 is 5.97 Å². The Hall–Kier alpha value is -2.11. The summed E-state index contributed by atoms with van der Waals surface area (Å²) in [5.74, 6) is -0.287. The van der Waals surface area contributed by atoms with Crippen LogP contribution in [0.25, 0.3) is 0 Å². The van der Waals surface area contributed by atoms with Gasteiger partial charge in [-0.1, -0.05) is 13.8 Å². The molecule has 0 unspecified atom stereocenters. The first-order chi connectivity index (χ1) is 9.56. The van der Waals surface area contributed by atoms with Crippen LogP contribution < -0.4 is 0 Å². The molecule has 0 bridgehead atoms.